The van der Waals surface area contributed by atoms with Crippen LogP contribution in [0.1, 0.15) is 30.7 Å². The summed E-state index contributed by atoms with van der Waals surface area (Å²) in [5.41, 5.74) is 7.42. The highest BCUT2D eigenvalue weighted by atomic mass is 16.5. The number of hydrogen-bond acceptors (Lipinski definition) is 2. The van der Waals surface area contributed by atoms with Crippen molar-refractivity contribution >= 4 is 0 Å². The number of methoxy groups -OCH3 is 1. The highest BCUT2D eigenvalue weighted by molar-refractivity contribution is 5.33. The topological polar surface area (TPSA) is 35.2 Å². The van der Waals surface area contributed by atoms with Gasteiger partial charge in [0.25, 0.3) is 0 Å². The predicted octanol–water partition coefficient (Wildman–Crippen LogP) is 2.78. The van der Waals surface area contributed by atoms with Gasteiger partial charge in [-0.05, 0) is 67.2 Å². The molecular weight excluding hydrogens is 210 g/mol. The average Bonchev–Trinajstić information content (AvgIpc) is 2.98. The van der Waals surface area contributed by atoms with Gasteiger partial charge in [0.15, 0.2) is 0 Å². The molecule has 0 spiro atoms. The molecule has 1 aromatic carbocycles. The van der Waals surface area contributed by atoms with Crippen LogP contribution in [0, 0.1) is 17.8 Å². The molecule has 2 N–H and O–H groups in total. The number of ether oxygens (including phenoxy) is 1. The van der Waals surface area contributed by atoms with Crippen molar-refractivity contribution in [3.05, 3.63) is 29.8 Å². The van der Waals surface area contributed by atoms with Crippen LogP contribution in [-0.2, 0) is 0 Å². The summed E-state index contributed by atoms with van der Waals surface area (Å²) in [6.45, 7) is 0.836. The van der Waals surface area contributed by atoms with E-state index in [9.17, 15) is 0 Å². The van der Waals surface area contributed by atoms with Crippen LogP contribution in [0.3, 0.4) is 0 Å². The Morgan fingerprint density at radius 1 is 1.29 bits per heavy atom. The lowest BCUT2D eigenvalue weighted by Crippen LogP contribution is -2.27. The van der Waals surface area contributed by atoms with E-state index >= 15 is 0 Å². The maximum atomic E-state index is 5.99. The van der Waals surface area contributed by atoms with Crippen LogP contribution in [0.4, 0.5) is 0 Å². The summed E-state index contributed by atoms with van der Waals surface area (Å²) in [7, 11) is 1.74. The number of fused-ring (bicyclic) bond motifs is 2. The summed E-state index contributed by atoms with van der Waals surface area (Å²) in [6, 6.07) is 8.58. The maximum absolute atomic E-state index is 5.99. The molecule has 17 heavy (non-hydrogen) atoms. The van der Waals surface area contributed by atoms with Gasteiger partial charge < -0.3 is 10.5 Å². The zero-order valence-corrected chi connectivity index (χ0v) is 10.4. The van der Waals surface area contributed by atoms with Gasteiger partial charge in [0.2, 0.25) is 0 Å². The Balaban J connectivity index is 1.92. The second kappa shape index (κ2) is 4.34. The van der Waals surface area contributed by atoms with E-state index < -0.39 is 0 Å². The zero-order valence-electron chi connectivity index (χ0n) is 10.4. The van der Waals surface area contributed by atoms with Crippen LogP contribution in [0.2, 0.25) is 0 Å². The fourth-order valence-electron chi connectivity index (χ4n) is 4.12. The summed E-state index contributed by atoms with van der Waals surface area (Å²) in [5.74, 6) is 4.08. The van der Waals surface area contributed by atoms with Crippen molar-refractivity contribution in [1.29, 1.82) is 0 Å². The van der Waals surface area contributed by atoms with Crippen molar-refractivity contribution in [2.75, 3.05) is 13.7 Å². The first-order chi connectivity index (χ1) is 8.33. The lowest BCUT2D eigenvalue weighted by molar-refractivity contribution is 0.294. The van der Waals surface area contributed by atoms with Crippen molar-refractivity contribution in [1.82, 2.24) is 0 Å². The second-order valence-corrected chi connectivity index (χ2v) is 5.54. The quantitative estimate of drug-likeness (QED) is 0.868. The van der Waals surface area contributed by atoms with Crippen LogP contribution < -0.4 is 10.5 Å². The van der Waals surface area contributed by atoms with E-state index in [2.05, 4.69) is 18.2 Å². The first kappa shape index (κ1) is 11.1. The summed E-state index contributed by atoms with van der Waals surface area (Å²) in [5, 5.41) is 0. The smallest absolute Gasteiger partial charge is 0.119 e. The molecule has 4 atom stereocenters. The molecule has 2 aliphatic carbocycles. The van der Waals surface area contributed by atoms with Gasteiger partial charge in [0.05, 0.1) is 7.11 Å². The number of nitrogens with two attached hydrogens (primary N) is 1. The minimum atomic E-state index is 0.675. The number of benzene rings is 1. The Hall–Kier alpha value is -1.02. The van der Waals surface area contributed by atoms with Gasteiger partial charge in [-0.3, -0.25) is 0 Å². The lowest BCUT2D eigenvalue weighted by Gasteiger charge is -2.30. The molecule has 0 radical (unpaired) electrons. The molecule has 0 amide bonds. The molecule has 92 valence electrons. The standard InChI is InChI=1S/C15H21NO/c1-17-13-4-2-3-11(8-13)15-12-6-5-10(7-12)14(15)9-16/h2-4,8,10,12,14-15H,5-7,9,16H2,1H3/t10-,12+,14+,15+/m1/s1. The van der Waals surface area contributed by atoms with Crippen LogP contribution in [0.5, 0.6) is 5.75 Å². The minimum Gasteiger partial charge on any atom is -0.497 e. The Morgan fingerprint density at radius 2 is 2.12 bits per heavy atom. The van der Waals surface area contributed by atoms with Crippen LogP contribution in [-0.4, -0.2) is 13.7 Å². The summed E-state index contributed by atoms with van der Waals surface area (Å²) >= 11 is 0. The van der Waals surface area contributed by atoms with Crippen molar-refractivity contribution < 1.29 is 4.74 Å². The third-order valence-corrected chi connectivity index (χ3v) is 4.84. The minimum absolute atomic E-state index is 0.675. The molecule has 3 rings (SSSR count). The second-order valence-electron chi connectivity index (χ2n) is 5.54. The molecule has 2 nitrogen and oxygen atoms in total. The normalized spacial score (nSPS) is 35.2. The molecule has 0 aromatic heterocycles. The molecule has 0 unspecified atom stereocenters. The van der Waals surface area contributed by atoms with Crippen LogP contribution >= 0.6 is 0 Å². The molecular formula is C15H21NO. The van der Waals surface area contributed by atoms with Gasteiger partial charge in [-0.15, -0.1) is 0 Å². The third kappa shape index (κ3) is 1.75. The van der Waals surface area contributed by atoms with E-state index in [4.69, 9.17) is 10.5 Å². The molecule has 2 saturated carbocycles. The molecule has 0 saturated heterocycles. The van der Waals surface area contributed by atoms with E-state index in [-0.39, 0.29) is 0 Å². The Labute approximate surface area is 103 Å². The zero-order chi connectivity index (χ0) is 11.8. The van der Waals surface area contributed by atoms with Crippen molar-refractivity contribution in [3.63, 3.8) is 0 Å². The highest BCUT2D eigenvalue weighted by Crippen LogP contribution is 2.56. The summed E-state index contributed by atoms with van der Waals surface area (Å²) in [4.78, 5) is 0. The highest BCUT2D eigenvalue weighted by Gasteiger charge is 2.47. The Bertz CT molecular complexity index is 404. The first-order valence-electron chi connectivity index (χ1n) is 6.67. The van der Waals surface area contributed by atoms with E-state index in [0.29, 0.717) is 11.8 Å². The molecule has 2 aliphatic rings. The molecule has 2 heteroatoms. The van der Waals surface area contributed by atoms with Gasteiger partial charge in [-0.2, -0.15) is 0 Å². The molecule has 2 fully saturated rings. The molecule has 0 aliphatic heterocycles. The van der Waals surface area contributed by atoms with Crippen LogP contribution in [0.25, 0.3) is 0 Å². The SMILES string of the molecule is COc1cccc([C@H]2[C@H]3CC[C@H](C3)[C@@H]2CN)c1. The fraction of sp³-hybridized carbons (Fsp3) is 0.600. The van der Waals surface area contributed by atoms with Gasteiger partial charge in [-0.1, -0.05) is 12.1 Å². The summed E-state index contributed by atoms with van der Waals surface area (Å²) < 4.78 is 5.33. The Kier molecular flexibility index (Phi) is 2.83. The first-order valence-corrected chi connectivity index (χ1v) is 6.67. The van der Waals surface area contributed by atoms with Crippen LogP contribution in [0.15, 0.2) is 24.3 Å². The molecule has 1 aromatic rings. The Morgan fingerprint density at radius 3 is 2.88 bits per heavy atom. The van der Waals surface area contributed by atoms with E-state index in [1.54, 1.807) is 7.11 Å². The number of rotatable bonds is 3. The molecule has 2 bridgehead atoms. The number of hydrogen-bond donors (Lipinski definition) is 1. The third-order valence-electron chi connectivity index (χ3n) is 4.84. The van der Waals surface area contributed by atoms with Crippen molar-refractivity contribution in [2.24, 2.45) is 23.5 Å². The average molecular weight is 231 g/mol. The van der Waals surface area contributed by atoms with Gasteiger partial charge in [-0.25, -0.2) is 0 Å². The van der Waals surface area contributed by atoms with Gasteiger partial charge >= 0.3 is 0 Å². The summed E-state index contributed by atoms with van der Waals surface area (Å²) in [6.07, 6.45) is 4.18. The van der Waals surface area contributed by atoms with E-state index in [1.165, 1.54) is 24.8 Å². The van der Waals surface area contributed by atoms with Crippen molar-refractivity contribution in [2.45, 2.75) is 25.2 Å². The fourth-order valence-corrected chi connectivity index (χ4v) is 4.12. The largest absolute Gasteiger partial charge is 0.497 e. The van der Waals surface area contributed by atoms with Gasteiger partial charge in [0.1, 0.15) is 5.75 Å². The van der Waals surface area contributed by atoms with E-state index in [1.807, 2.05) is 6.07 Å². The maximum Gasteiger partial charge on any atom is 0.119 e. The predicted molar refractivity (Wildman–Crippen MR) is 69.1 cm³/mol. The monoisotopic (exact) mass is 231 g/mol. The van der Waals surface area contributed by atoms with E-state index in [0.717, 1.165) is 24.1 Å². The molecule has 0 heterocycles. The van der Waals surface area contributed by atoms with Crippen molar-refractivity contribution in [3.8, 4) is 5.75 Å². The lowest BCUT2D eigenvalue weighted by atomic mass is 9.75. The van der Waals surface area contributed by atoms with Gasteiger partial charge in [0, 0.05) is 0 Å².